The largest absolute Gasteiger partial charge is 0.481 e. The molecule has 8 heteroatoms. The minimum Gasteiger partial charge on any atom is -0.481 e. The Kier molecular flexibility index (Phi) is 3.20. The van der Waals surface area contributed by atoms with Gasteiger partial charge in [-0.1, -0.05) is 11.8 Å². The highest BCUT2D eigenvalue weighted by molar-refractivity contribution is 7.99. The molecule has 0 aliphatic heterocycles. The lowest BCUT2D eigenvalue weighted by Crippen LogP contribution is -1.97. The van der Waals surface area contributed by atoms with Gasteiger partial charge in [0.15, 0.2) is 5.82 Å². The SMILES string of the molecule is Cc1ncc(-c2nc(SCC(=O)O)n[nH]2)s1. The van der Waals surface area contributed by atoms with Gasteiger partial charge in [0.2, 0.25) is 5.16 Å². The van der Waals surface area contributed by atoms with Crippen LogP contribution in [0.25, 0.3) is 10.7 Å². The lowest BCUT2D eigenvalue weighted by molar-refractivity contribution is -0.133. The number of rotatable bonds is 4. The summed E-state index contributed by atoms with van der Waals surface area (Å²) < 4.78 is 0. The van der Waals surface area contributed by atoms with Gasteiger partial charge in [0.05, 0.1) is 15.6 Å². The molecule has 0 aromatic carbocycles. The second kappa shape index (κ2) is 4.62. The summed E-state index contributed by atoms with van der Waals surface area (Å²) in [5.74, 6) is -0.303. The van der Waals surface area contributed by atoms with Crippen LogP contribution in [0.5, 0.6) is 0 Å². The third kappa shape index (κ3) is 2.58. The number of aromatic amines is 1. The molecule has 0 unspecified atom stereocenters. The quantitative estimate of drug-likeness (QED) is 0.804. The molecule has 2 aromatic heterocycles. The first kappa shape index (κ1) is 11.1. The van der Waals surface area contributed by atoms with Gasteiger partial charge in [-0.25, -0.2) is 9.97 Å². The van der Waals surface area contributed by atoms with E-state index in [4.69, 9.17) is 5.11 Å². The Hall–Kier alpha value is -1.41. The summed E-state index contributed by atoms with van der Waals surface area (Å²) in [5.41, 5.74) is 0. The van der Waals surface area contributed by atoms with Crippen LogP contribution in [0.4, 0.5) is 0 Å². The third-order valence-electron chi connectivity index (χ3n) is 1.64. The minimum atomic E-state index is -0.884. The van der Waals surface area contributed by atoms with Crippen LogP contribution in [0, 0.1) is 6.92 Å². The Labute approximate surface area is 99.1 Å². The van der Waals surface area contributed by atoms with Crippen molar-refractivity contribution in [2.45, 2.75) is 12.1 Å². The highest BCUT2D eigenvalue weighted by atomic mass is 32.2. The summed E-state index contributed by atoms with van der Waals surface area (Å²) in [6.45, 7) is 1.91. The first-order valence-electron chi connectivity index (χ1n) is 4.35. The Bertz CT molecular complexity index is 508. The van der Waals surface area contributed by atoms with Crippen LogP contribution in [-0.2, 0) is 4.79 Å². The molecule has 2 N–H and O–H groups in total. The van der Waals surface area contributed by atoms with Crippen molar-refractivity contribution in [2.75, 3.05) is 5.75 Å². The van der Waals surface area contributed by atoms with Crippen LogP contribution in [-0.4, -0.2) is 37.0 Å². The summed E-state index contributed by atoms with van der Waals surface area (Å²) in [6.07, 6.45) is 1.71. The van der Waals surface area contributed by atoms with E-state index in [0.717, 1.165) is 21.6 Å². The topological polar surface area (TPSA) is 91.8 Å². The number of thiazole rings is 1. The van der Waals surface area contributed by atoms with Crippen LogP contribution in [0.15, 0.2) is 11.4 Å². The molecular formula is C8H8N4O2S2. The number of aliphatic carboxylic acids is 1. The highest BCUT2D eigenvalue weighted by Crippen LogP contribution is 2.24. The number of nitrogens with zero attached hydrogens (tertiary/aromatic N) is 3. The third-order valence-corrected chi connectivity index (χ3v) is 3.40. The maximum Gasteiger partial charge on any atom is 0.313 e. The van der Waals surface area contributed by atoms with E-state index in [9.17, 15) is 4.79 Å². The number of aromatic nitrogens is 4. The average Bonchev–Trinajstić information content (AvgIpc) is 2.83. The Morgan fingerprint density at radius 1 is 1.69 bits per heavy atom. The van der Waals surface area contributed by atoms with Crippen molar-refractivity contribution in [1.29, 1.82) is 0 Å². The predicted octanol–water partition coefficient (Wildman–Crippen LogP) is 1.41. The van der Waals surface area contributed by atoms with E-state index in [0.29, 0.717) is 11.0 Å². The molecule has 0 fully saturated rings. The second-order valence-electron chi connectivity index (χ2n) is 2.89. The molecule has 2 rings (SSSR count). The zero-order chi connectivity index (χ0) is 11.5. The average molecular weight is 256 g/mol. The number of nitrogens with one attached hydrogen (secondary N) is 1. The number of thioether (sulfide) groups is 1. The van der Waals surface area contributed by atoms with Crippen molar-refractivity contribution in [1.82, 2.24) is 20.2 Å². The van der Waals surface area contributed by atoms with Gasteiger partial charge in [0.1, 0.15) is 0 Å². The predicted molar refractivity (Wildman–Crippen MR) is 60.6 cm³/mol. The molecule has 0 spiro atoms. The normalized spacial score (nSPS) is 10.6. The molecule has 6 nitrogen and oxygen atoms in total. The summed E-state index contributed by atoms with van der Waals surface area (Å²) >= 11 is 2.59. The van der Waals surface area contributed by atoms with E-state index >= 15 is 0 Å². The molecule has 0 atom stereocenters. The van der Waals surface area contributed by atoms with Crippen molar-refractivity contribution in [3.8, 4) is 10.7 Å². The fourth-order valence-corrected chi connectivity index (χ4v) is 2.25. The van der Waals surface area contributed by atoms with Gasteiger partial charge < -0.3 is 5.11 Å². The van der Waals surface area contributed by atoms with Gasteiger partial charge in [-0.3, -0.25) is 9.89 Å². The van der Waals surface area contributed by atoms with E-state index in [1.807, 2.05) is 6.92 Å². The van der Waals surface area contributed by atoms with Crippen LogP contribution in [0.2, 0.25) is 0 Å². The summed E-state index contributed by atoms with van der Waals surface area (Å²) in [4.78, 5) is 19.5. The number of carboxylic acid groups (broad SMARTS) is 1. The van der Waals surface area contributed by atoms with Crippen molar-refractivity contribution < 1.29 is 9.90 Å². The molecule has 0 radical (unpaired) electrons. The van der Waals surface area contributed by atoms with Crippen molar-refractivity contribution in [2.24, 2.45) is 0 Å². The lowest BCUT2D eigenvalue weighted by atomic mass is 10.5. The Balaban J connectivity index is 2.10. The zero-order valence-corrected chi connectivity index (χ0v) is 9.93. The maximum absolute atomic E-state index is 10.4. The first-order chi connectivity index (χ1) is 7.65. The monoisotopic (exact) mass is 256 g/mol. The van der Waals surface area contributed by atoms with Gasteiger partial charge in [0.25, 0.3) is 0 Å². The molecule has 0 saturated heterocycles. The fraction of sp³-hybridized carbons (Fsp3) is 0.250. The molecule has 0 bridgehead atoms. The molecule has 0 saturated carbocycles. The van der Waals surface area contributed by atoms with Crippen LogP contribution in [0.3, 0.4) is 0 Å². The number of hydrogen-bond donors (Lipinski definition) is 2. The number of carboxylic acids is 1. The van der Waals surface area contributed by atoms with E-state index in [2.05, 4.69) is 20.2 Å². The van der Waals surface area contributed by atoms with Crippen molar-refractivity contribution >= 4 is 29.1 Å². The molecule has 2 aromatic rings. The standard InChI is InChI=1S/C8H8N4O2S2/c1-4-9-2-5(16-4)7-10-8(12-11-7)15-3-6(13)14/h2H,3H2,1H3,(H,13,14)(H,10,11,12). The van der Waals surface area contributed by atoms with Crippen molar-refractivity contribution in [3.63, 3.8) is 0 Å². The van der Waals surface area contributed by atoms with E-state index < -0.39 is 5.97 Å². The second-order valence-corrected chi connectivity index (χ2v) is 5.07. The lowest BCUT2D eigenvalue weighted by Gasteiger charge is -1.88. The number of hydrogen-bond acceptors (Lipinski definition) is 6. The zero-order valence-electron chi connectivity index (χ0n) is 8.30. The maximum atomic E-state index is 10.4. The van der Waals surface area contributed by atoms with Gasteiger partial charge >= 0.3 is 5.97 Å². The van der Waals surface area contributed by atoms with Gasteiger partial charge in [-0.15, -0.1) is 16.4 Å². The summed E-state index contributed by atoms with van der Waals surface area (Å²) in [5, 5.41) is 16.6. The Morgan fingerprint density at radius 3 is 3.12 bits per heavy atom. The van der Waals surface area contributed by atoms with E-state index in [-0.39, 0.29) is 5.75 Å². The molecule has 0 aliphatic rings. The molecule has 0 amide bonds. The van der Waals surface area contributed by atoms with Gasteiger partial charge in [-0.2, -0.15) is 0 Å². The Morgan fingerprint density at radius 2 is 2.50 bits per heavy atom. The molecule has 84 valence electrons. The summed E-state index contributed by atoms with van der Waals surface area (Å²) in [7, 11) is 0. The van der Waals surface area contributed by atoms with Gasteiger partial charge in [0, 0.05) is 6.20 Å². The van der Waals surface area contributed by atoms with Crippen LogP contribution < -0.4 is 0 Å². The summed E-state index contributed by atoms with van der Waals surface area (Å²) in [6, 6.07) is 0. The highest BCUT2D eigenvalue weighted by Gasteiger charge is 2.09. The van der Waals surface area contributed by atoms with Crippen LogP contribution in [0.1, 0.15) is 5.01 Å². The number of aryl methyl sites for hydroxylation is 1. The molecule has 2 heterocycles. The van der Waals surface area contributed by atoms with E-state index in [1.165, 1.54) is 11.3 Å². The van der Waals surface area contributed by atoms with Gasteiger partial charge in [-0.05, 0) is 6.92 Å². The smallest absolute Gasteiger partial charge is 0.313 e. The van der Waals surface area contributed by atoms with Crippen molar-refractivity contribution in [3.05, 3.63) is 11.2 Å². The molecular weight excluding hydrogens is 248 g/mol. The van der Waals surface area contributed by atoms with E-state index in [1.54, 1.807) is 6.20 Å². The van der Waals surface area contributed by atoms with Crippen LogP contribution >= 0.6 is 23.1 Å². The molecule has 0 aliphatic carbocycles. The number of carbonyl (C=O) groups is 1. The molecule has 16 heavy (non-hydrogen) atoms. The number of H-pyrrole nitrogens is 1. The minimum absolute atomic E-state index is 0.0426. The fourth-order valence-electron chi connectivity index (χ4n) is 1.02. The first-order valence-corrected chi connectivity index (χ1v) is 6.15.